The van der Waals surface area contributed by atoms with Crippen molar-refractivity contribution in [1.29, 1.82) is 0 Å². The molecule has 1 aromatic heterocycles. The number of nitro groups is 1. The summed E-state index contributed by atoms with van der Waals surface area (Å²) in [6.07, 6.45) is 0.0651. The Morgan fingerprint density at radius 1 is 1.04 bits per heavy atom. The van der Waals surface area contributed by atoms with Crippen LogP contribution in [0.25, 0.3) is 10.9 Å². The number of carbonyl (C=O) groups excluding carboxylic acids is 1. The van der Waals surface area contributed by atoms with Gasteiger partial charge in [-0.3, -0.25) is 19.7 Å². The van der Waals surface area contributed by atoms with Crippen LogP contribution in [0.3, 0.4) is 0 Å². The SMILES string of the molecule is COCCN(C(=O)CN(CCN)S(=O)(=O)c1ccccc1[N+](=O)[O-])[C@@H](Cc1nc2ccccc2c(=O)[nH]1)c1ccc(OC)cc1. The first kappa shape index (κ1) is 33.2. The quantitative estimate of drug-likeness (QED) is 0.144. The number of ether oxygens (including phenoxy) is 2. The van der Waals surface area contributed by atoms with Crippen molar-refractivity contribution < 1.29 is 27.6 Å². The van der Waals surface area contributed by atoms with Crippen LogP contribution in [0.1, 0.15) is 17.4 Å². The molecule has 0 aliphatic carbocycles. The van der Waals surface area contributed by atoms with Gasteiger partial charge in [0.05, 0.1) is 42.1 Å². The smallest absolute Gasteiger partial charge is 0.289 e. The fraction of sp³-hybridized carbons (Fsp3) is 0.300. The summed E-state index contributed by atoms with van der Waals surface area (Å²) in [7, 11) is -1.53. The minimum Gasteiger partial charge on any atom is -0.497 e. The number of aromatic amines is 1. The summed E-state index contributed by atoms with van der Waals surface area (Å²) in [5.41, 5.74) is 5.90. The number of fused-ring (bicyclic) bond motifs is 1. The summed E-state index contributed by atoms with van der Waals surface area (Å²) in [5, 5.41) is 12.0. The molecule has 3 N–H and O–H groups in total. The van der Waals surface area contributed by atoms with Gasteiger partial charge in [0.15, 0.2) is 4.90 Å². The van der Waals surface area contributed by atoms with Crippen LogP contribution in [-0.2, 0) is 26.0 Å². The number of H-pyrrole nitrogens is 1. The monoisotopic (exact) mass is 638 g/mol. The molecule has 4 rings (SSSR count). The van der Waals surface area contributed by atoms with Gasteiger partial charge >= 0.3 is 0 Å². The molecule has 3 aromatic carbocycles. The summed E-state index contributed by atoms with van der Waals surface area (Å²) < 4.78 is 38.8. The van der Waals surface area contributed by atoms with Gasteiger partial charge < -0.3 is 25.1 Å². The number of carbonyl (C=O) groups is 1. The van der Waals surface area contributed by atoms with Crippen LogP contribution in [0.5, 0.6) is 5.75 Å². The summed E-state index contributed by atoms with van der Waals surface area (Å²) in [6, 6.07) is 18.0. The van der Waals surface area contributed by atoms with E-state index in [4.69, 9.17) is 15.2 Å². The van der Waals surface area contributed by atoms with Crippen LogP contribution < -0.4 is 16.0 Å². The molecular weight excluding hydrogens is 604 g/mol. The van der Waals surface area contributed by atoms with Crippen molar-refractivity contribution in [3.8, 4) is 5.75 Å². The Bertz CT molecular complexity index is 1810. The topological polar surface area (TPSA) is 191 Å². The largest absolute Gasteiger partial charge is 0.497 e. The highest BCUT2D eigenvalue weighted by atomic mass is 32.2. The second-order valence-corrected chi connectivity index (χ2v) is 11.9. The van der Waals surface area contributed by atoms with Gasteiger partial charge in [-0.25, -0.2) is 13.4 Å². The first-order valence-corrected chi connectivity index (χ1v) is 15.4. The Morgan fingerprint density at radius 2 is 1.73 bits per heavy atom. The lowest BCUT2D eigenvalue weighted by Crippen LogP contribution is -2.47. The van der Waals surface area contributed by atoms with Crippen molar-refractivity contribution in [3.05, 3.63) is 105 Å². The van der Waals surface area contributed by atoms with Gasteiger partial charge in [0.25, 0.3) is 11.2 Å². The first-order valence-electron chi connectivity index (χ1n) is 13.9. The maximum absolute atomic E-state index is 14.1. The lowest BCUT2D eigenvalue weighted by Gasteiger charge is -2.34. The molecule has 15 heteroatoms. The second kappa shape index (κ2) is 14.9. The Labute approximate surface area is 259 Å². The van der Waals surface area contributed by atoms with E-state index in [0.29, 0.717) is 28.0 Å². The van der Waals surface area contributed by atoms with Crippen molar-refractivity contribution in [1.82, 2.24) is 19.2 Å². The molecule has 0 spiro atoms. The molecule has 1 atom stereocenters. The van der Waals surface area contributed by atoms with Gasteiger partial charge in [0, 0.05) is 39.2 Å². The molecule has 0 bridgehead atoms. The first-order chi connectivity index (χ1) is 21.6. The van der Waals surface area contributed by atoms with Crippen molar-refractivity contribution in [2.75, 3.05) is 47.0 Å². The number of rotatable bonds is 15. The van der Waals surface area contributed by atoms with E-state index >= 15 is 0 Å². The van der Waals surface area contributed by atoms with E-state index < -0.39 is 44.0 Å². The molecule has 0 aliphatic heterocycles. The van der Waals surface area contributed by atoms with E-state index in [0.717, 1.165) is 16.4 Å². The molecule has 0 radical (unpaired) electrons. The van der Waals surface area contributed by atoms with Crippen LogP contribution in [0, 0.1) is 10.1 Å². The fourth-order valence-corrected chi connectivity index (χ4v) is 6.49. The van der Waals surface area contributed by atoms with Gasteiger partial charge in [0.2, 0.25) is 15.9 Å². The predicted molar refractivity (Wildman–Crippen MR) is 166 cm³/mol. The summed E-state index contributed by atoms with van der Waals surface area (Å²) in [4.78, 5) is 46.1. The van der Waals surface area contributed by atoms with Crippen molar-refractivity contribution >= 4 is 32.5 Å². The lowest BCUT2D eigenvalue weighted by molar-refractivity contribution is -0.387. The number of hydrogen-bond acceptors (Lipinski definition) is 10. The third-order valence-electron chi connectivity index (χ3n) is 7.15. The zero-order chi connectivity index (χ0) is 32.6. The molecular formula is C30H34N6O8S. The average molecular weight is 639 g/mol. The number of nitrogens with two attached hydrogens (primary N) is 1. The predicted octanol–water partition coefficient (Wildman–Crippen LogP) is 2.25. The Morgan fingerprint density at radius 3 is 2.40 bits per heavy atom. The van der Waals surface area contributed by atoms with Crippen LogP contribution in [0.15, 0.2) is 82.5 Å². The molecule has 4 aromatic rings. The second-order valence-electron chi connectivity index (χ2n) is 9.95. The highest BCUT2D eigenvalue weighted by molar-refractivity contribution is 7.89. The molecule has 1 heterocycles. The molecule has 0 fully saturated rings. The third kappa shape index (κ3) is 7.69. The van der Waals surface area contributed by atoms with E-state index in [1.807, 2.05) is 0 Å². The minimum atomic E-state index is -4.52. The number of nitro benzene ring substituents is 1. The third-order valence-corrected chi connectivity index (χ3v) is 9.04. The van der Waals surface area contributed by atoms with Crippen molar-refractivity contribution in [2.24, 2.45) is 5.73 Å². The minimum absolute atomic E-state index is 0.0475. The fourth-order valence-electron chi connectivity index (χ4n) is 4.93. The van der Waals surface area contributed by atoms with Crippen LogP contribution >= 0.6 is 0 Å². The lowest BCUT2D eigenvalue weighted by atomic mass is 10.0. The number of amides is 1. The average Bonchev–Trinajstić information content (AvgIpc) is 3.04. The van der Waals surface area contributed by atoms with E-state index in [-0.39, 0.29) is 38.2 Å². The van der Waals surface area contributed by atoms with E-state index in [1.165, 1.54) is 31.3 Å². The number of sulfonamides is 1. The maximum atomic E-state index is 14.1. The Kier molecular flexibility index (Phi) is 11.0. The highest BCUT2D eigenvalue weighted by Crippen LogP contribution is 2.29. The summed E-state index contributed by atoms with van der Waals surface area (Å²) in [5.74, 6) is 0.266. The Hall–Kier alpha value is -4.70. The van der Waals surface area contributed by atoms with E-state index in [1.54, 1.807) is 48.5 Å². The molecule has 1 amide bonds. The number of benzene rings is 3. The van der Waals surface area contributed by atoms with Crippen LogP contribution in [0.2, 0.25) is 0 Å². The normalized spacial score (nSPS) is 12.3. The van der Waals surface area contributed by atoms with Gasteiger partial charge in [-0.1, -0.05) is 36.4 Å². The highest BCUT2D eigenvalue weighted by Gasteiger charge is 2.35. The van der Waals surface area contributed by atoms with Gasteiger partial charge in [-0.2, -0.15) is 4.31 Å². The number of methoxy groups -OCH3 is 2. The van der Waals surface area contributed by atoms with E-state index in [2.05, 4.69) is 9.97 Å². The summed E-state index contributed by atoms with van der Waals surface area (Å²) in [6.45, 7) is -0.927. The zero-order valence-corrected chi connectivity index (χ0v) is 25.6. The molecule has 45 heavy (non-hydrogen) atoms. The van der Waals surface area contributed by atoms with Gasteiger partial charge in [-0.15, -0.1) is 0 Å². The molecule has 14 nitrogen and oxygen atoms in total. The van der Waals surface area contributed by atoms with Crippen molar-refractivity contribution in [2.45, 2.75) is 17.4 Å². The Balaban J connectivity index is 1.77. The summed E-state index contributed by atoms with van der Waals surface area (Å²) >= 11 is 0. The van der Waals surface area contributed by atoms with Gasteiger partial charge in [-0.05, 0) is 35.9 Å². The van der Waals surface area contributed by atoms with Crippen LogP contribution in [-0.4, -0.2) is 85.4 Å². The maximum Gasteiger partial charge on any atom is 0.289 e. The molecule has 0 unspecified atom stereocenters. The number of nitrogens with one attached hydrogen (secondary N) is 1. The molecule has 238 valence electrons. The number of aromatic nitrogens is 2. The number of para-hydroxylation sites is 2. The molecule has 0 saturated carbocycles. The molecule has 0 saturated heterocycles. The zero-order valence-electron chi connectivity index (χ0n) is 24.8. The van der Waals surface area contributed by atoms with Crippen molar-refractivity contribution in [3.63, 3.8) is 0 Å². The van der Waals surface area contributed by atoms with Gasteiger partial charge in [0.1, 0.15) is 11.6 Å². The molecule has 0 aliphatic rings. The number of hydrogen-bond donors (Lipinski definition) is 2. The number of nitrogens with zero attached hydrogens (tertiary/aromatic N) is 4. The van der Waals surface area contributed by atoms with E-state index in [9.17, 15) is 28.1 Å². The standard InChI is InChI=1S/C30H34N6O8S/c1-43-18-17-35(29(37)20-34(16-15-31)45(41,42)27-10-6-5-9-25(27)36(39)40)26(21-11-13-22(44-2)14-12-21)19-28-32-24-8-4-3-7-23(24)30(38)33-28/h3-14,26H,15-20,31H2,1-2H3,(H,32,33,38)/t26-/m0/s1. The van der Waals surface area contributed by atoms with Crippen LogP contribution in [0.4, 0.5) is 5.69 Å².